The molecule has 0 aliphatic carbocycles. The number of amides is 2. The fourth-order valence-corrected chi connectivity index (χ4v) is 3.46. The van der Waals surface area contributed by atoms with Crippen molar-refractivity contribution in [2.24, 2.45) is 0 Å². The number of nitrogens with one attached hydrogen (secondary N) is 1. The molecule has 6 heteroatoms. The Bertz CT molecular complexity index is 643. The Morgan fingerprint density at radius 3 is 2.77 bits per heavy atom. The van der Waals surface area contributed by atoms with E-state index in [0.29, 0.717) is 18.2 Å². The molecule has 1 aliphatic heterocycles. The van der Waals surface area contributed by atoms with Gasteiger partial charge in [0, 0.05) is 12.3 Å². The van der Waals surface area contributed by atoms with Crippen molar-refractivity contribution in [1.82, 2.24) is 10.2 Å². The summed E-state index contributed by atoms with van der Waals surface area (Å²) < 4.78 is 5.13. The molecule has 2 aromatic rings. The van der Waals surface area contributed by atoms with Gasteiger partial charge in [-0.3, -0.25) is 9.59 Å². The molecule has 1 N–H and O–H groups in total. The molecule has 114 valence electrons. The number of hydrogen-bond acceptors (Lipinski definition) is 4. The summed E-state index contributed by atoms with van der Waals surface area (Å²) in [6, 6.07) is 12.5. The average molecular weight is 316 g/mol. The minimum Gasteiger partial charge on any atom is -0.459 e. The van der Waals surface area contributed by atoms with Crippen LogP contribution in [0, 0.1) is 0 Å². The standard InChI is InChI=1S/C16H16N2O3S/c19-15(17-9-12-5-2-1-3-6-12)13-10-22-11-18(13)16(20)14-7-4-8-21-14/h1-8,13H,9-11H2,(H,17,19). The highest BCUT2D eigenvalue weighted by Gasteiger charge is 2.35. The second-order valence-electron chi connectivity index (χ2n) is 4.97. The van der Waals surface area contributed by atoms with E-state index in [1.54, 1.807) is 28.8 Å². The number of carbonyl (C=O) groups is 2. The number of nitrogens with zero attached hydrogens (tertiary/aromatic N) is 1. The summed E-state index contributed by atoms with van der Waals surface area (Å²) in [4.78, 5) is 26.2. The molecule has 1 aromatic carbocycles. The smallest absolute Gasteiger partial charge is 0.290 e. The maximum atomic E-state index is 12.4. The van der Waals surface area contributed by atoms with Crippen LogP contribution in [0.5, 0.6) is 0 Å². The van der Waals surface area contributed by atoms with E-state index in [0.717, 1.165) is 5.56 Å². The highest BCUT2D eigenvalue weighted by atomic mass is 32.2. The summed E-state index contributed by atoms with van der Waals surface area (Å²) in [6.07, 6.45) is 1.46. The SMILES string of the molecule is O=C(NCc1ccccc1)C1CSCN1C(=O)c1ccco1. The molecule has 3 rings (SSSR count). The lowest BCUT2D eigenvalue weighted by Crippen LogP contribution is -2.47. The lowest BCUT2D eigenvalue weighted by molar-refractivity contribution is -0.124. The second-order valence-corrected chi connectivity index (χ2v) is 5.97. The molecule has 0 saturated carbocycles. The summed E-state index contributed by atoms with van der Waals surface area (Å²) >= 11 is 1.57. The van der Waals surface area contributed by atoms with E-state index >= 15 is 0 Å². The monoisotopic (exact) mass is 316 g/mol. The van der Waals surface area contributed by atoms with Crippen molar-refractivity contribution in [3.05, 3.63) is 60.1 Å². The van der Waals surface area contributed by atoms with Gasteiger partial charge in [0.2, 0.25) is 5.91 Å². The molecule has 5 nitrogen and oxygen atoms in total. The summed E-state index contributed by atoms with van der Waals surface area (Å²) in [5.41, 5.74) is 1.03. The first-order valence-electron chi connectivity index (χ1n) is 6.99. The topological polar surface area (TPSA) is 62.6 Å². The number of carbonyl (C=O) groups excluding carboxylic acids is 2. The molecule has 1 atom stereocenters. The van der Waals surface area contributed by atoms with E-state index in [1.165, 1.54) is 6.26 Å². The van der Waals surface area contributed by atoms with E-state index < -0.39 is 6.04 Å². The van der Waals surface area contributed by atoms with Crippen molar-refractivity contribution in [1.29, 1.82) is 0 Å². The zero-order chi connectivity index (χ0) is 15.4. The highest BCUT2D eigenvalue weighted by Crippen LogP contribution is 2.23. The summed E-state index contributed by atoms with van der Waals surface area (Å²) in [5, 5.41) is 2.89. The van der Waals surface area contributed by atoms with Crippen LogP contribution in [0.25, 0.3) is 0 Å². The van der Waals surface area contributed by atoms with Crippen molar-refractivity contribution in [3.63, 3.8) is 0 Å². The lowest BCUT2D eigenvalue weighted by atomic mass is 10.2. The molecule has 22 heavy (non-hydrogen) atoms. The molecular weight excluding hydrogens is 300 g/mol. The van der Waals surface area contributed by atoms with Gasteiger partial charge in [0.15, 0.2) is 5.76 Å². The van der Waals surface area contributed by atoms with Crippen LogP contribution in [0.4, 0.5) is 0 Å². The number of furan rings is 1. The Hall–Kier alpha value is -2.21. The fraction of sp³-hybridized carbons (Fsp3) is 0.250. The van der Waals surface area contributed by atoms with E-state index in [2.05, 4.69) is 5.32 Å². The Labute approximate surface area is 132 Å². The number of hydrogen-bond donors (Lipinski definition) is 1. The first-order chi connectivity index (χ1) is 10.8. The van der Waals surface area contributed by atoms with Crippen LogP contribution in [-0.2, 0) is 11.3 Å². The van der Waals surface area contributed by atoms with Gasteiger partial charge in [0.25, 0.3) is 5.91 Å². The van der Waals surface area contributed by atoms with Crippen LogP contribution in [0.1, 0.15) is 16.1 Å². The van der Waals surface area contributed by atoms with Gasteiger partial charge in [-0.1, -0.05) is 30.3 Å². The Kier molecular flexibility index (Phi) is 4.48. The Morgan fingerprint density at radius 1 is 1.23 bits per heavy atom. The normalized spacial score (nSPS) is 17.5. The van der Waals surface area contributed by atoms with Crippen molar-refractivity contribution in [3.8, 4) is 0 Å². The van der Waals surface area contributed by atoms with Gasteiger partial charge in [0.1, 0.15) is 6.04 Å². The first-order valence-corrected chi connectivity index (χ1v) is 8.15. The molecule has 1 saturated heterocycles. The van der Waals surface area contributed by atoms with Gasteiger partial charge in [-0.25, -0.2) is 0 Å². The molecule has 1 fully saturated rings. The number of rotatable bonds is 4. The quantitative estimate of drug-likeness (QED) is 0.938. The molecule has 0 spiro atoms. The van der Waals surface area contributed by atoms with Crippen LogP contribution in [0.2, 0.25) is 0 Å². The molecule has 2 amide bonds. The molecular formula is C16H16N2O3S. The summed E-state index contributed by atoms with van der Waals surface area (Å²) in [6.45, 7) is 0.462. The maximum absolute atomic E-state index is 12.4. The minimum atomic E-state index is -0.452. The Morgan fingerprint density at radius 2 is 2.05 bits per heavy atom. The third-order valence-electron chi connectivity index (χ3n) is 3.49. The van der Waals surface area contributed by atoms with Crippen LogP contribution in [0.3, 0.4) is 0 Å². The number of benzene rings is 1. The molecule has 1 unspecified atom stereocenters. The third kappa shape index (κ3) is 3.17. The highest BCUT2D eigenvalue weighted by molar-refractivity contribution is 7.99. The fourth-order valence-electron chi connectivity index (χ4n) is 2.30. The zero-order valence-corrected chi connectivity index (χ0v) is 12.7. The van der Waals surface area contributed by atoms with Gasteiger partial charge < -0.3 is 14.6 Å². The summed E-state index contributed by atoms with van der Waals surface area (Å²) in [5.74, 6) is 1.00. The van der Waals surface area contributed by atoms with Crippen LogP contribution >= 0.6 is 11.8 Å². The van der Waals surface area contributed by atoms with Gasteiger partial charge in [-0.05, 0) is 17.7 Å². The third-order valence-corrected chi connectivity index (χ3v) is 4.50. The largest absolute Gasteiger partial charge is 0.459 e. The van der Waals surface area contributed by atoms with Crippen LogP contribution < -0.4 is 5.32 Å². The van der Waals surface area contributed by atoms with Crippen molar-refractivity contribution in [2.75, 3.05) is 11.6 Å². The van der Waals surface area contributed by atoms with Gasteiger partial charge >= 0.3 is 0 Å². The predicted octanol–water partition coefficient (Wildman–Crippen LogP) is 2.11. The van der Waals surface area contributed by atoms with Crippen LogP contribution in [-0.4, -0.2) is 34.4 Å². The first kappa shape index (κ1) is 14.7. The summed E-state index contributed by atoms with van der Waals surface area (Å²) in [7, 11) is 0. The predicted molar refractivity (Wildman–Crippen MR) is 84.3 cm³/mol. The zero-order valence-electron chi connectivity index (χ0n) is 11.9. The average Bonchev–Trinajstić information content (AvgIpc) is 3.24. The Balaban J connectivity index is 1.62. The minimum absolute atomic E-state index is 0.131. The lowest BCUT2D eigenvalue weighted by Gasteiger charge is -2.22. The van der Waals surface area contributed by atoms with Crippen molar-refractivity contribution < 1.29 is 14.0 Å². The molecule has 1 aliphatic rings. The maximum Gasteiger partial charge on any atom is 0.290 e. The van der Waals surface area contributed by atoms with Gasteiger partial charge in [-0.2, -0.15) is 0 Å². The van der Waals surface area contributed by atoms with Gasteiger partial charge in [0.05, 0.1) is 12.1 Å². The van der Waals surface area contributed by atoms with Crippen molar-refractivity contribution >= 4 is 23.6 Å². The van der Waals surface area contributed by atoms with E-state index in [4.69, 9.17) is 4.42 Å². The van der Waals surface area contributed by atoms with Crippen LogP contribution in [0.15, 0.2) is 53.1 Å². The second kappa shape index (κ2) is 6.70. The molecule has 0 bridgehead atoms. The molecule has 2 heterocycles. The van der Waals surface area contributed by atoms with E-state index in [-0.39, 0.29) is 17.6 Å². The number of thioether (sulfide) groups is 1. The molecule has 1 aromatic heterocycles. The van der Waals surface area contributed by atoms with E-state index in [9.17, 15) is 9.59 Å². The molecule has 0 radical (unpaired) electrons. The van der Waals surface area contributed by atoms with E-state index in [1.807, 2.05) is 30.3 Å². The van der Waals surface area contributed by atoms with Crippen molar-refractivity contribution in [2.45, 2.75) is 12.6 Å². The van der Waals surface area contributed by atoms with Gasteiger partial charge in [-0.15, -0.1) is 11.8 Å².